The molecule has 1 saturated heterocycles. The van der Waals surface area contributed by atoms with Crippen molar-refractivity contribution < 1.29 is 9.59 Å². The van der Waals surface area contributed by atoms with E-state index in [1.54, 1.807) is 6.07 Å². The van der Waals surface area contributed by atoms with Gasteiger partial charge in [-0.2, -0.15) is 0 Å². The number of hydrogen-bond acceptors (Lipinski definition) is 2. The van der Waals surface area contributed by atoms with Gasteiger partial charge in [0.25, 0.3) is 0 Å². The van der Waals surface area contributed by atoms with E-state index in [2.05, 4.69) is 36.4 Å². The standard InChI is InChI=1S/C29H22ClNO2/c1-17-12-13-20(16-23(17)30)31-28(32)26-21-14-15-22(27(26)29(31)33)25(21)24(18-8-4-2-5-9-18)19-10-6-3-7-11-19/h2-16,21-22,26-27H,1H3. The third kappa shape index (κ3) is 2.96. The average Bonchev–Trinajstić information content (AvgIpc) is 3.47. The summed E-state index contributed by atoms with van der Waals surface area (Å²) in [6.45, 7) is 1.91. The van der Waals surface area contributed by atoms with Crippen molar-refractivity contribution in [1.82, 2.24) is 0 Å². The number of halogens is 1. The number of carbonyl (C=O) groups is 2. The Kier molecular flexibility index (Phi) is 4.63. The predicted octanol–water partition coefficient (Wildman–Crippen LogP) is 6.07. The summed E-state index contributed by atoms with van der Waals surface area (Å²) >= 11 is 6.31. The third-order valence-corrected chi connectivity index (χ3v) is 7.65. The van der Waals surface area contributed by atoms with Gasteiger partial charge in [0.2, 0.25) is 11.8 Å². The highest BCUT2D eigenvalue weighted by Gasteiger charge is 2.62. The molecule has 4 atom stereocenters. The van der Waals surface area contributed by atoms with Crippen LogP contribution in [-0.4, -0.2) is 11.8 Å². The normalized spacial score (nSPS) is 25.2. The Hall–Kier alpha value is -3.43. The van der Waals surface area contributed by atoms with Crippen LogP contribution in [0.1, 0.15) is 16.7 Å². The van der Waals surface area contributed by atoms with Gasteiger partial charge in [-0.1, -0.05) is 90.5 Å². The summed E-state index contributed by atoms with van der Waals surface area (Å²) in [6.07, 6.45) is 4.26. The van der Waals surface area contributed by atoms with Crippen molar-refractivity contribution in [3.05, 3.63) is 118 Å². The molecule has 162 valence electrons. The summed E-state index contributed by atoms with van der Waals surface area (Å²) in [5.41, 5.74) is 6.02. The Balaban J connectivity index is 1.48. The zero-order valence-corrected chi connectivity index (χ0v) is 18.9. The van der Waals surface area contributed by atoms with Gasteiger partial charge in [0.1, 0.15) is 0 Å². The lowest BCUT2D eigenvalue weighted by Gasteiger charge is -2.22. The molecule has 3 aromatic carbocycles. The van der Waals surface area contributed by atoms with Crippen LogP contribution in [0.2, 0.25) is 5.02 Å². The van der Waals surface area contributed by atoms with Crippen LogP contribution in [0.4, 0.5) is 5.69 Å². The van der Waals surface area contributed by atoms with Crippen molar-refractivity contribution in [2.45, 2.75) is 6.92 Å². The molecule has 3 aromatic rings. The Labute approximate surface area is 198 Å². The molecule has 2 aliphatic carbocycles. The van der Waals surface area contributed by atoms with Crippen LogP contribution in [0, 0.1) is 30.6 Å². The number of aryl methyl sites for hydroxylation is 1. The summed E-state index contributed by atoms with van der Waals surface area (Å²) in [5, 5.41) is 0.558. The van der Waals surface area contributed by atoms with Crippen molar-refractivity contribution in [2.24, 2.45) is 23.7 Å². The second-order valence-corrected chi connectivity index (χ2v) is 9.40. The van der Waals surface area contributed by atoms with Crippen molar-refractivity contribution >= 4 is 34.7 Å². The maximum absolute atomic E-state index is 13.6. The minimum atomic E-state index is -0.370. The van der Waals surface area contributed by atoms with E-state index in [1.165, 1.54) is 10.5 Å². The Morgan fingerprint density at radius 1 is 0.758 bits per heavy atom. The molecular weight excluding hydrogens is 430 g/mol. The molecule has 4 unspecified atom stereocenters. The van der Waals surface area contributed by atoms with Crippen molar-refractivity contribution in [1.29, 1.82) is 0 Å². The lowest BCUT2D eigenvalue weighted by molar-refractivity contribution is -0.122. The number of carbonyl (C=O) groups excluding carboxylic acids is 2. The van der Waals surface area contributed by atoms with Gasteiger partial charge in [0.15, 0.2) is 0 Å². The second-order valence-electron chi connectivity index (χ2n) is 9.00. The first-order valence-electron chi connectivity index (χ1n) is 11.2. The van der Waals surface area contributed by atoms with Crippen molar-refractivity contribution in [2.75, 3.05) is 4.90 Å². The number of nitrogens with zero attached hydrogens (tertiary/aromatic N) is 1. The maximum atomic E-state index is 13.6. The Morgan fingerprint density at radius 3 is 1.76 bits per heavy atom. The minimum Gasteiger partial charge on any atom is -0.274 e. The fourth-order valence-electron chi connectivity index (χ4n) is 5.78. The van der Waals surface area contributed by atoms with Gasteiger partial charge in [-0.15, -0.1) is 0 Å². The largest absolute Gasteiger partial charge is 0.274 e. The van der Waals surface area contributed by atoms with Crippen LogP contribution < -0.4 is 4.90 Å². The maximum Gasteiger partial charge on any atom is 0.238 e. The molecule has 1 heterocycles. The Bertz CT molecular complexity index is 1270. The smallest absolute Gasteiger partial charge is 0.238 e. The topological polar surface area (TPSA) is 37.4 Å². The zero-order chi connectivity index (χ0) is 22.7. The first kappa shape index (κ1) is 20.2. The molecule has 2 fully saturated rings. The molecule has 3 nitrogen and oxygen atoms in total. The average molecular weight is 452 g/mol. The number of rotatable bonds is 3. The molecule has 3 aliphatic rings. The molecule has 2 bridgehead atoms. The molecule has 0 N–H and O–H groups in total. The van der Waals surface area contributed by atoms with E-state index >= 15 is 0 Å². The summed E-state index contributed by atoms with van der Waals surface area (Å²) in [7, 11) is 0. The van der Waals surface area contributed by atoms with Crippen LogP contribution in [0.3, 0.4) is 0 Å². The van der Waals surface area contributed by atoms with Crippen LogP contribution in [-0.2, 0) is 9.59 Å². The monoisotopic (exact) mass is 451 g/mol. The second kappa shape index (κ2) is 7.57. The fourth-order valence-corrected chi connectivity index (χ4v) is 5.96. The first-order valence-corrected chi connectivity index (χ1v) is 11.6. The van der Waals surface area contributed by atoms with Gasteiger partial charge in [-0.05, 0) is 46.9 Å². The molecule has 4 heteroatoms. The van der Waals surface area contributed by atoms with Gasteiger partial charge in [-0.3, -0.25) is 9.59 Å². The van der Waals surface area contributed by atoms with Gasteiger partial charge < -0.3 is 0 Å². The van der Waals surface area contributed by atoms with E-state index in [0.29, 0.717) is 10.7 Å². The lowest BCUT2D eigenvalue weighted by Crippen LogP contribution is -2.33. The molecule has 2 amide bonds. The summed E-state index contributed by atoms with van der Waals surface area (Å²) in [6, 6.07) is 25.9. The van der Waals surface area contributed by atoms with E-state index in [9.17, 15) is 9.59 Å². The third-order valence-electron chi connectivity index (χ3n) is 7.24. The highest BCUT2D eigenvalue weighted by atomic mass is 35.5. The predicted molar refractivity (Wildman–Crippen MR) is 131 cm³/mol. The first-order chi connectivity index (χ1) is 16.1. The molecule has 6 rings (SSSR count). The minimum absolute atomic E-state index is 0.0854. The SMILES string of the molecule is Cc1ccc(N2C(=O)C3C4C=CC(C4=C(c4ccccc4)c4ccccc4)C3C2=O)cc1Cl. The van der Waals surface area contributed by atoms with E-state index in [-0.39, 0.29) is 35.5 Å². The summed E-state index contributed by atoms with van der Waals surface area (Å²) in [5.74, 6) is -1.16. The van der Waals surface area contributed by atoms with Crippen LogP contribution in [0.5, 0.6) is 0 Å². The molecule has 0 radical (unpaired) electrons. The Morgan fingerprint density at radius 2 is 1.27 bits per heavy atom. The number of imide groups is 1. The molecular formula is C29H22ClNO2. The lowest BCUT2D eigenvalue weighted by atomic mass is 9.85. The van der Waals surface area contributed by atoms with Crippen LogP contribution in [0.25, 0.3) is 5.57 Å². The van der Waals surface area contributed by atoms with Gasteiger partial charge in [0, 0.05) is 16.9 Å². The highest BCUT2D eigenvalue weighted by Crippen LogP contribution is 2.58. The van der Waals surface area contributed by atoms with Gasteiger partial charge >= 0.3 is 0 Å². The van der Waals surface area contributed by atoms with E-state index in [1.807, 2.05) is 55.5 Å². The number of amides is 2. The van der Waals surface area contributed by atoms with E-state index in [0.717, 1.165) is 22.3 Å². The molecule has 0 aromatic heterocycles. The van der Waals surface area contributed by atoms with Crippen molar-refractivity contribution in [3.8, 4) is 0 Å². The number of hydrogen-bond donors (Lipinski definition) is 0. The molecule has 33 heavy (non-hydrogen) atoms. The van der Waals surface area contributed by atoms with E-state index < -0.39 is 0 Å². The molecule has 1 saturated carbocycles. The number of benzene rings is 3. The fraction of sp³-hybridized carbons (Fsp3) is 0.172. The van der Waals surface area contributed by atoms with Gasteiger partial charge in [0.05, 0.1) is 17.5 Å². The number of fused-ring (bicyclic) bond motifs is 5. The number of anilines is 1. The van der Waals surface area contributed by atoms with Crippen LogP contribution >= 0.6 is 11.6 Å². The highest BCUT2D eigenvalue weighted by molar-refractivity contribution is 6.32. The zero-order valence-electron chi connectivity index (χ0n) is 18.1. The summed E-state index contributed by atoms with van der Waals surface area (Å²) in [4.78, 5) is 28.6. The molecule has 1 aliphatic heterocycles. The molecule has 0 spiro atoms. The van der Waals surface area contributed by atoms with Crippen molar-refractivity contribution in [3.63, 3.8) is 0 Å². The van der Waals surface area contributed by atoms with Crippen LogP contribution in [0.15, 0.2) is 96.6 Å². The van der Waals surface area contributed by atoms with Gasteiger partial charge in [-0.25, -0.2) is 4.90 Å². The quantitative estimate of drug-likeness (QED) is 0.358. The van der Waals surface area contributed by atoms with E-state index in [4.69, 9.17) is 11.6 Å². The number of allylic oxidation sites excluding steroid dienone is 3. The summed E-state index contributed by atoms with van der Waals surface area (Å²) < 4.78 is 0.